The second kappa shape index (κ2) is 5.05. The van der Waals surface area contributed by atoms with Crippen molar-refractivity contribution in [3.8, 4) is 5.75 Å². The zero-order valence-electron chi connectivity index (χ0n) is 11.3. The highest BCUT2D eigenvalue weighted by atomic mass is 19.1. The van der Waals surface area contributed by atoms with Gasteiger partial charge in [0.05, 0.1) is 5.56 Å². The first-order chi connectivity index (χ1) is 9.54. The van der Waals surface area contributed by atoms with Crippen molar-refractivity contribution in [2.75, 3.05) is 13.1 Å². The lowest BCUT2D eigenvalue weighted by molar-refractivity contribution is 0.0780. The number of phenolic OH excluding ortho intramolecular Hbond substituents is 1. The monoisotopic (exact) mass is 278 g/mol. The average molecular weight is 278 g/mol. The van der Waals surface area contributed by atoms with Crippen molar-refractivity contribution in [3.05, 3.63) is 29.6 Å². The molecular formula is C15H19FN2O2. The SMILES string of the molecule is NC1CC[C@@H]2CN(C(=O)c3cc(F)ccc3O)C[C@@H]2C1. The lowest BCUT2D eigenvalue weighted by Gasteiger charge is -2.27. The van der Waals surface area contributed by atoms with Crippen LogP contribution in [0.2, 0.25) is 0 Å². The smallest absolute Gasteiger partial charge is 0.257 e. The van der Waals surface area contributed by atoms with Gasteiger partial charge in [-0.3, -0.25) is 4.79 Å². The third kappa shape index (κ3) is 2.38. The van der Waals surface area contributed by atoms with Gasteiger partial charge < -0.3 is 15.7 Å². The molecule has 0 bridgehead atoms. The van der Waals surface area contributed by atoms with Crippen LogP contribution in [0.3, 0.4) is 0 Å². The van der Waals surface area contributed by atoms with Crippen molar-refractivity contribution in [2.24, 2.45) is 17.6 Å². The van der Waals surface area contributed by atoms with E-state index in [1.165, 1.54) is 6.07 Å². The fourth-order valence-corrected chi connectivity index (χ4v) is 3.48. The highest BCUT2D eigenvalue weighted by Gasteiger charge is 2.39. The molecular weight excluding hydrogens is 259 g/mol. The second-order valence-corrected chi connectivity index (χ2v) is 5.96. The van der Waals surface area contributed by atoms with Crippen LogP contribution in [0.4, 0.5) is 4.39 Å². The number of rotatable bonds is 1. The van der Waals surface area contributed by atoms with E-state index in [4.69, 9.17) is 5.73 Å². The Morgan fingerprint density at radius 3 is 2.85 bits per heavy atom. The van der Waals surface area contributed by atoms with Gasteiger partial charge in [-0.15, -0.1) is 0 Å². The number of hydrogen-bond acceptors (Lipinski definition) is 3. The zero-order chi connectivity index (χ0) is 14.3. The first kappa shape index (κ1) is 13.4. The predicted octanol–water partition coefficient (Wildman–Crippen LogP) is 1.73. The summed E-state index contributed by atoms with van der Waals surface area (Å²) in [4.78, 5) is 14.1. The summed E-state index contributed by atoms with van der Waals surface area (Å²) in [6.07, 6.45) is 3.00. The van der Waals surface area contributed by atoms with Gasteiger partial charge in [-0.1, -0.05) is 0 Å². The summed E-state index contributed by atoms with van der Waals surface area (Å²) in [6, 6.07) is 3.70. The van der Waals surface area contributed by atoms with Crippen LogP contribution in [0, 0.1) is 17.7 Å². The van der Waals surface area contributed by atoms with E-state index >= 15 is 0 Å². The van der Waals surface area contributed by atoms with Crippen LogP contribution < -0.4 is 5.73 Å². The largest absolute Gasteiger partial charge is 0.507 e. The lowest BCUT2D eigenvalue weighted by Crippen LogP contribution is -2.32. The molecule has 2 aliphatic rings. The van der Waals surface area contributed by atoms with Gasteiger partial charge in [-0.05, 0) is 49.3 Å². The lowest BCUT2D eigenvalue weighted by atomic mass is 9.79. The summed E-state index contributed by atoms with van der Waals surface area (Å²) in [7, 11) is 0. The molecule has 0 spiro atoms. The molecule has 1 aromatic rings. The molecule has 1 aliphatic heterocycles. The Labute approximate surface area is 117 Å². The molecule has 5 heteroatoms. The van der Waals surface area contributed by atoms with E-state index in [1.54, 1.807) is 4.90 Å². The minimum Gasteiger partial charge on any atom is -0.507 e. The van der Waals surface area contributed by atoms with Crippen molar-refractivity contribution < 1.29 is 14.3 Å². The van der Waals surface area contributed by atoms with Gasteiger partial charge in [0.1, 0.15) is 11.6 Å². The van der Waals surface area contributed by atoms with Crippen molar-refractivity contribution in [2.45, 2.75) is 25.3 Å². The number of fused-ring (bicyclic) bond motifs is 1. The first-order valence-corrected chi connectivity index (χ1v) is 7.08. The van der Waals surface area contributed by atoms with E-state index in [0.717, 1.165) is 31.4 Å². The molecule has 4 nitrogen and oxygen atoms in total. The number of aromatic hydroxyl groups is 1. The maximum atomic E-state index is 13.2. The van der Waals surface area contributed by atoms with E-state index in [1.807, 2.05) is 0 Å². The quantitative estimate of drug-likeness (QED) is 0.822. The zero-order valence-corrected chi connectivity index (χ0v) is 11.3. The number of phenols is 1. The van der Waals surface area contributed by atoms with Crippen LogP contribution in [-0.4, -0.2) is 35.0 Å². The summed E-state index contributed by atoms with van der Waals surface area (Å²) >= 11 is 0. The third-order valence-corrected chi connectivity index (χ3v) is 4.57. The molecule has 1 aromatic carbocycles. The summed E-state index contributed by atoms with van der Waals surface area (Å²) in [5.41, 5.74) is 6.02. The number of nitrogens with zero attached hydrogens (tertiary/aromatic N) is 1. The summed E-state index contributed by atoms with van der Waals surface area (Å²) in [5, 5.41) is 9.73. The summed E-state index contributed by atoms with van der Waals surface area (Å²) < 4.78 is 13.2. The number of benzene rings is 1. The number of amides is 1. The second-order valence-electron chi connectivity index (χ2n) is 5.96. The van der Waals surface area contributed by atoms with Gasteiger partial charge in [0, 0.05) is 19.1 Å². The molecule has 1 saturated carbocycles. The Hall–Kier alpha value is -1.62. The highest BCUT2D eigenvalue weighted by Crippen LogP contribution is 2.36. The number of hydrogen-bond donors (Lipinski definition) is 2. The van der Waals surface area contributed by atoms with Gasteiger partial charge in [0.25, 0.3) is 5.91 Å². The Morgan fingerprint density at radius 1 is 1.30 bits per heavy atom. The molecule has 20 heavy (non-hydrogen) atoms. The molecule has 1 saturated heterocycles. The Balaban J connectivity index is 1.77. The van der Waals surface area contributed by atoms with E-state index < -0.39 is 5.82 Å². The maximum absolute atomic E-state index is 13.2. The van der Waals surface area contributed by atoms with Crippen molar-refractivity contribution in [1.82, 2.24) is 4.90 Å². The Bertz CT molecular complexity index is 535. The van der Waals surface area contributed by atoms with Crippen LogP contribution in [0.25, 0.3) is 0 Å². The minimum atomic E-state index is -0.509. The van der Waals surface area contributed by atoms with Crippen LogP contribution in [0.1, 0.15) is 29.6 Å². The van der Waals surface area contributed by atoms with Crippen molar-refractivity contribution in [1.29, 1.82) is 0 Å². The van der Waals surface area contributed by atoms with E-state index in [2.05, 4.69) is 0 Å². The molecule has 0 radical (unpaired) electrons. The fourth-order valence-electron chi connectivity index (χ4n) is 3.48. The molecule has 3 atom stereocenters. The molecule has 3 N–H and O–H groups in total. The van der Waals surface area contributed by atoms with Crippen LogP contribution in [0.15, 0.2) is 18.2 Å². The van der Waals surface area contributed by atoms with Gasteiger partial charge in [0.15, 0.2) is 0 Å². The van der Waals surface area contributed by atoms with Crippen molar-refractivity contribution >= 4 is 5.91 Å². The molecule has 0 aromatic heterocycles. The molecule has 1 unspecified atom stereocenters. The number of likely N-dealkylation sites (tertiary alicyclic amines) is 1. The number of nitrogens with two attached hydrogens (primary N) is 1. The molecule has 1 heterocycles. The molecule has 3 rings (SSSR count). The van der Waals surface area contributed by atoms with E-state index in [0.29, 0.717) is 24.9 Å². The first-order valence-electron chi connectivity index (χ1n) is 7.08. The summed E-state index contributed by atoms with van der Waals surface area (Å²) in [5.74, 6) is -0.0226. The normalized spacial score (nSPS) is 29.3. The van der Waals surface area contributed by atoms with E-state index in [-0.39, 0.29) is 23.3 Å². The van der Waals surface area contributed by atoms with Gasteiger partial charge in [-0.2, -0.15) is 0 Å². The standard InChI is InChI=1S/C15H19FN2O2/c16-11-2-4-14(19)13(6-11)15(20)18-7-9-1-3-12(17)5-10(9)8-18/h2,4,6,9-10,12,19H,1,3,5,7-8,17H2/t9-,10+,12?/m1/s1. The molecule has 1 amide bonds. The summed E-state index contributed by atoms with van der Waals surface area (Å²) in [6.45, 7) is 1.35. The topological polar surface area (TPSA) is 66.6 Å². The van der Waals surface area contributed by atoms with Gasteiger partial charge in [-0.25, -0.2) is 4.39 Å². The Kier molecular flexibility index (Phi) is 3.38. The van der Waals surface area contributed by atoms with Crippen LogP contribution >= 0.6 is 0 Å². The van der Waals surface area contributed by atoms with E-state index in [9.17, 15) is 14.3 Å². The van der Waals surface area contributed by atoms with Crippen LogP contribution in [-0.2, 0) is 0 Å². The van der Waals surface area contributed by atoms with Gasteiger partial charge in [0.2, 0.25) is 0 Å². The number of carbonyl (C=O) groups is 1. The molecule has 108 valence electrons. The predicted molar refractivity (Wildman–Crippen MR) is 72.8 cm³/mol. The average Bonchev–Trinajstić information content (AvgIpc) is 2.83. The third-order valence-electron chi connectivity index (χ3n) is 4.57. The fraction of sp³-hybridized carbons (Fsp3) is 0.533. The minimum absolute atomic E-state index is 0.0490. The Morgan fingerprint density at radius 2 is 2.05 bits per heavy atom. The number of carbonyl (C=O) groups excluding carboxylic acids is 1. The van der Waals surface area contributed by atoms with Gasteiger partial charge >= 0.3 is 0 Å². The number of halogens is 1. The van der Waals surface area contributed by atoms with Crippen molar-refractivity contribution in [3.63, 3.8) is 0 Å². The molecule has 1 aliphatic carbocycles. The van der Waals surface area contributed by atoms with Crippen LogP contribution in [0.5, 0.6) is 5.75 Å². The molecule has 2 fully saturated rings. The maximum Gasteiger partial charge on any atom is 0.257 e. The highest BCUT2D eigenvalue weighted by molar-refractivity contribution is 5.97.